The Morgan fingerprint density at radius 1 is 1.26 bits per heavy atom. The van der Waals surface area contributed by atoms with E-state index in [1.54, 1.807) is 18.3 Å². The van der Waals surface area contributed by atoms with Crippen LogP contribution in [0.4, 0.5) is 0 Å². The van der Waals surface area contributed by atoms with Crippen LogP contribution in [-0.2, 0) is 16.0 Å². The van der Waals surface area contributed by atoms with Crippen LogP contribution >= 0.6 is 0 Å². The van der Waals surface area contributed by atoms with Gasteiger partial charge >= 0.3 is 0 Å². The highest BCUT2D eigenvalue weighted by molar-refractivity contribution is 6.04. The third kappa shape index (κ3) is 5.07. The zero-order chi connectivity index (χ0) is 22.4. The summed E-state index contributed by atoms with van der Waals surface area (Å²) in [7, 11) is 1.47. The van der Waals surface area contributed by atoms with Crippen molar-refractivity contribution < 1.29 is 24.5 Å². The predicted octanol–water partition coefficient (Wildman–Crippen LogP) is 3.65. The Labute approximate surface area is 183 Å². The molecule has 0 radical (unpaired) electrons. The van der Waals surface area contributed by atoms with Gasteiger partial charge in [0, 0.05) is 18.9 Å². The number of ketones is 2. The lowest BCUT2D eigenvalue weighted by Crippen LogP contribution is -2.34. The molecule has 6 nitrogen and oxygen atoms in total. The number of Topliss-reactive ketones (excluding diaryl/α,β-unsaturated/α-hetero) is 2. The number of rotatable bonds is 11. The van der Waals surface area contributed by atoms with Crippen LogP contribution in [-0.4, -0.2) is 35.5 Å². The second-order valence-electron chi connectivity index (χ2n) is 8.01. The molecule has 1 aliphatic carbocycles. The van der Waals surface area contributed by atoms with Crippen molar-refractivity contribution in [3.05, 3.63) is 53.4 Å². The van der Waals surface area contributed by atoms with Crippen molar-refractivity contribution in [2.75, 3.05) is 13.7 Å². The van der Waals surface area contributed by atoms with E-state index >= 15 is 0 Å². The highest BCUT2D eigenvalue weighted by atomic mass is 16.5. The van der Waals surface area contributed by atoms with E-state index < -0.39 is 5.92 Å². The lowest BCUT2D eigenvalue weighted by Gasteiger charge is -2.31. The molecule has 0 bridgehead atoms. The number of benzene rings is 1. The van der Waals surface area contributed by atoms with Gasteiger partial charge in [-0.1, -0.05) is 43.2 Å². The summed E-state index contributed by atoms with van der Waals surface area (Å²) in [5.74, 6) is -1.10. The Kier molecular flexibility index (Phi) is 7.69. The highest BCUT2D eigenvalue weighted by Gasteiger charge is 2.36. The van der Waals surface area contributed by atoms with Crippen LogP contribution in [0.1, 0.15) is 55.3 Å². The Balaban J connectivity index is 1.74. The molecule has 1 aromatic heterocycles. The number of carbonyl (C=O) groups is 2. The van der Waals surface area contributed by atoms with Crippen LogP contribution in [0.2, 0.25) is 0 Å². The number of phenols is 1. The summed E-state index contributed by atoms with van der Waals surface area (Å²) in [4.78, 5) is 30.8. The molecule has 0 aliphatic heterocycles. The van der Waals surface area contributed by atoms with E-state index in [0.717, 1.165) is 29.7 Å². The molecule has 31 heavy (non-hydrogen) atoms. The van der Waals surface area contributed by atoms with Gasteiger partial charge in [-0.05, 0) is 42.9 Å². The van der Waals surface area contributed by atoms with Gasteiger partial charge in [-0.15, -0.1) is 5.69 Å². The first-order valence-electron chi connectivity index (χ1n) is 10.8. The minimum absolute atomic E-state index is 0.00959. The van der Waals surface area contributed by atoms with Crippen LogP contribution in [0, 0.1) is 11.8 Å². The number of aliphatic hydroxyl groups excluding tert-OH is 1. The summed E-state index contributed by atoms with van der Waals surface area (Å²) in [6, 6.07) is 6.92. The third-order valence-electron chi connectivity index (χ3n) is 6.04. The topological polar surface area (TPSA) is 97.9 Å². The van der Waals surface area contributed by atoms with Crippen molar-refractivity contribution in [1.82, 2.24) is 4.98 Å². The Morgan fingerprint density at radius 3 is 2.77 bits per heavy atom. The van der Waals surface area contributed by atoms with Gasteiger partial charge in [-0.3, -0.25) is 9.59 Å². The summed E-state index contributed by atoms with van der Waals surface area (Å²) in [6.45, 7) is 1.87. The molecule has 0 saturated carbocycles. The molecule has 0 amide bonds. The number of phenolic OH excluding ortho intramolecular Hbond substituents is 1. The monoisotopic (exact) mass is 424 g/mol. The molecule has 2 aromatic rings. The molecule has 0 saturated heterocycles. The van der Waals surface area contributed by atoms with Crippen LogP contribution < -0.4 is 9.72 Å². The molecule has 1 heterocycles. The fourth-order valence-electron chi connectivity index (χ4n) is 4.41. The quantitative estimate of drug-likeness (QED) is 0.534. The molecule has 2 N–H and O–H groups in total. The average molecular weight is 425 g/mol. The Bertz CT molecular complexity index is 945. The molecule has 3 atom stereocenters. The number of aromatic hydroxyl groups is 1. The van der Waals surface area contributed by atoms with Crippen LogP contribution in [0.5, 0.6) is 11.5 Å². The van der Waals surface area contributed by atoms with Gasteiger partial charge in [0.25, 0.3) is 0 Å². The number of hydrogen-bond acceptors (Lipinski definition) is 5. The summed E-state index contributed by atoms with van der Waals surface area (Å²) in [6.07, 6.45) is 8.01. The Hall–Kier alpha value is -2.86. The molecule has 0 fully saturated rings. The van der Waals surface area contributed by atoms with E-state index in [-0.39, 0.29) is 48.6 Å². The highest BCUT2D eigenvalue weighted by Crippen LogP contribution is 2.39. The number of carbonyl (C=O) groups excluding carboxylic acids is 2. The van der Waals surface area contributed by atoms with E-state index in [1.807, 2.05) is 18.2 Å². The van der Waals surface area contributed by atoms with Crippen molar-refractivity contribution in [2.45, 2.75) is 44.9 Å². The van der Waals surface area contributed by atoms with Gasteiger partial charge in [0.05, 0.1) is 13.0 Å². The maximum atomic E-state index is 13.4. The largest absolute Gasteiger partial charge is 0.664 e. The van der Waals surface area contributed by atoms with Crippen molar-refractivity contribution in [3.8, 4) is 11.5 Å². The first-order valence-corrected chi connectivity index (χ1v) is 10.8. The van der Waals surface area contributed by atoms with Gasteiger partial charge in [0.2, 0.25) is 0 Å². The van der Waals surface area contributed by atoms with Crippen molar-refractivity contribution in [1.29, 1.82) is 0 Å². The zero-order valence-electron chi connectivity index (χ0n) is 18.1. The molecule has 6 heteroatoms. The maximum absolute atomic E-state index is 13.4. The number of hydrogen-bond donors (Lipinski definition) is 2. The third-order valence-corrected chi connectivity index (χ3v) is 6.04. The molecule has 3 unspecified atom stereocenters. The summed E-state index contributed by atoms with van der Waals surface area (Å²) in [5, 5.41) is 19.3. The molecular formula is C25H30NO5-. The summed E-state index contributed by atoms with van der Waals surface area (Å²) >= 11 is 0. The zero-order valence-corrected chi connectivity index (χ0v) is 18.1. The number of aliphatic hydroxyl groups is 1. The van der Waals surface area contributed by atoms with E-state index in [0.29, 0.717) is 12.2 Å². The van der Waals surface area contributed by atoms with Crippen LogP contribution in [0.3, 0.4) is 0 Å². The number of methoxy groups -OCH3 is 1. The van der Waals surface area contributed by atoms with Gasteiger partial charge in [-0.25, -0.2) is 0 Å². The normalized spacial score (nSPS) is 18.4. The minimum Gasteiger partial charge on any atom is -0.664 e. The fraction of sp³-hybridized carbons (Fsp3) is 0.440. The van der Waals surface area contributed by atoms with Crippen LogP contribution in [0.15, 0.2) is 36.5 Å². The number of ether oxygens (including phenoxy) is 1. The van der Waals surface area contributed by atoms with Crippen molar-refractivity contribution in [3.63, 3.8) is 0 Å². The van der Waals surface area contributed by atoms with Gasteiger partial charge < -0.3 is 19.9 Å². The number of allylic oxidation sites excluding steroid dienone is 1. The number of nitrogens with zero attached hydrogens (tertiary/aromatic N) is 1. The Morgan fingerprint density at radius 2 is 2.06 bits per heavy atom. The maximum Gasteiger partial charge on any atom is 0.160 e. The molecule has 3 rings (SSSR count). The van der Waals surface area contributed by atoms with Crippen molar-refractivity contribution >= 4 is 17.6 Å². The number of fused-ring (bicyclic) bond motifs is 1. The fourth-order valence-corrected chi connectivity index (χ4v) is 4.41. The average Bonchev–Trinajstić information content (AvgIpc) is 3.26. The van der Waals surface area contributed by atoms with E-state index in [9.17, 15) is 19.8 Å². The summed E-state index contributed by atoms with van der Waals surface area (Å²) in [5.41, 5.74) is 2.80. The first kappa shape index (κ1) is 22.8. The molecule has 0 spiro atoms. The van der Waals surface area contributed by atoms with Crippen molar-refractivity contribution in [2.24, 2.45) is 11.8 Å². The number of aromatic nitrogens is 1. The lowest BCUT2D eigenvalue weighted by atomic mass is 9.73. The molecule has 1 aromatic carbocycles. The number of aryl methyl sites for hydroxylation is 1. The van der Waals surface area contributed by atoms with Crippen LogP contribution in [0.25, 0.3) is 6.08 Å². The summed E-state index contributed by atoms with van der Waals surface area (Å²) < 4.78 is 5.12. The van der Waals surface area contributed by atoms with E-state index in [4.69, 9.17) is 4.74 Å². The predicted molar refractivity (Wildman–Crippen MR) is 118 cm³/mol. The molecule has 166 valence electrons. The van der Waals surface area contributed by atoms with Gasteiger partial charge in [-0.2, -0.15) is 6.20 Å². The van der Waals surface area contributed by atoms with E-state index in [2.05, 4.69) is 11.9 Å². The smallest absolute Gasteiger partial charge is 0.160 e. The van der Waals surface area contributed by atoms with Gasteiger partial charge in [0.15, 0.2) is 17.3 Å². The van der Waals surface area contributed by atoms with E-state index in [1.165, 1.54) is 13.2 Å². The SMILES string of the molecule is CCCC1c2cc[n-]c2C=CC1C(=O)C(CCO)C(=O)CCc1ccc(O)c(OC)c1. The minimum atomic E-state index is -0.831. The van der Waals surface area contributed by atoms with Gasteiger partial charge in [0.1, 0.15) is 5.78 Å². The first-order chi connectivity index (χ1) is 15.0. The lowest BCUT2D eigenvalue weighted by molar-refractivity contribution is -0.135. The second-order valence-corrected chi connectivity index (χ2v) is 8.01. The molecular weight excluding hydrogens is 394 g/mol. The molecule has 1 aliphatic rings. The second kappa shape index (κ2) is 10.4. The standard InChI is InChI=1S/C25H30NO5/c1-3-4-17-18-11-13-26-21(18)8-7-19(17)25(30)20(12-14-27)22(28)9-5-16-6-10-23(29)24(15-16)31-2/h6-8,10-11,13,15,17,19-20,27,29H,3-5,9,12,14H2,1-2H3/q-1.